The Morgan fingerprint density at radius 2 is 2.17 bits per heavy atom. The maximum absolute atomic E-state index is 13.0. The number of hydrogen-bond acceptors (Lipinski definition) is 5. The van der Waals surface area contributed by atoms with E-state index in [-0.39, 0.29) is 11.9 Å². The first kappa shape index (κ1) is 14.1. The summed E-state index contributed by atoms with van der Waals surface area (Å²) in [5.41, 5.74) is 8.71. The first-order valence-electron chi connectivity index (χ1n) is 7.05. The molecule has 2 N–H and O–H groups in total. The number of nitrogens with zero attached hydrogens (tertiary/aromatic N) is 5. The van der Waals surface area contributed by atoms with Gasteiger partial charge in [0.25, 0.3) is 5.91 Å². The molecule has 0 bridgehead atoms. The molecule has 7 nitrogen and oxygen atoms in total. The molecule has 1 aliphatic rings. The SMILES string of the molecule is Cn1nc2cc(Br)ccc2c1C(=O)N1Cc2cnc(N)nc2C1. The molecule has 3 aromatic rings. The van der Waals surface area contributed by atoms with Crippen LogP contribution in [0.25, 0.3) is 10.9 Å². The van der Waals surface area contributed by atoms with E-state index in [0.29, 0.717) is 18.8 Å². The molecule has 0 spiro atoms. The average Bonchev–Trinajstić information content (AvgIpc) is 3.05. The molecular weight excluding hydrogens is 360 g/mol. The zero-order valence-electron chi connectivity index (χ0n) is 12.3. The molecule has 0 unspecified atom stereocenters. The van der Waals surface area contributed by atoms with Gasteiger partial charge in [0.2, 0.25) is 5.95 Å². The third-order valence-corrected chi connectivity index (χ3v) is 4.45. The van der Waals surface area contributed by atoms with Gasteiger partial charge in [-0.1, -0.05) is 15.9 Å². The smallest absolute Gasteiger partial charge is 0.273 e. The van der Waals surface area contributed by atoms with Crippen molar-refractivity contribution in [1.29, 1.82) is 0 Å². The second-order valence-corrected chi connectivity index (χ2v) is 6.41. The molecule has 0 fully saturated rings. The predicted octanol–water partition coefficient (Wildman–Crippen LogP) is 1.86. The zero-order valence-corrected chi connectivity index (χ0v) is 13.9. The lowest BCUT2D eigenvalue weighted by atomic mass is 10.2. The maximum Gasteiger partial charge on any atom is 0.273 e. The molecule has 23 heavy (non-hydrogen) atoms. The first-order chi connectivity index (χ1) is 11.0. The molecule has 0 saturated carbocycles. The molecule has 0 atom stereocenters. The van der Waals surface area contributed by atoms with Crippen molar-refractivity contribution in [2.75, 3.05) is 5.73 Å². The van der Waals surface area contributed by atoms with E-state index < -0.39 is 0 Å². The van der Waals surface area contributed by atoms with Crippen LogP contribution >= 0.6 is 15.9 Å². The highest BCUT2D eigenvalue weighted by atomic mass is 79.9. The molecule has 116 valence electrons. The summed E-state index contributed by atoms with van der Waals surface area (Å²) in [5.74, 6) is 0.155. The standard InChI is InChI=1S/C15H13BrN6O/c1-21-13(10-3-2-9(16)4-11(10)20-21)14(23)22-6-8-5-18-15(17)19-12(8)7-22/h2-5H,6-7H2,1H3,(H2,17,18,19). The summed E-state index contributed by atoms with van der Waals surface area (Å²) < 4.78 is 2.56. The number of amides is 1. The van der Waals surface area contributed by atoms with Crippen LogP contribution in [0, 0.1) is 0 Å². The van der Waals surface area contributed by atoms with Gasteiger partial charge >= 0.3 is 0 Å². The van der Waals surface area contributed by atoms with Crippen molar-refractivity contribution in [3.05, 3.63) is 45.8 Å². The van der Waals surface area contributed by atoms with E-state index >= 15 is 0 Å². The van der Waals surface area contributed by atoms with Crippen LogP contribution < -0.4 is 5.73 Å². The van der Waals surface area contributed by atoms with E-state index in [2.05, 4.69) is 31.0 Å². The molecule has 3 heterocycles. The van der Waals surface area contributed by atoms with Crippen molar-refractivity contribution in [3.8, 4) is 0 Å². The van der Waals surface area contributed by atoms with Crippen molar-refractivity contribution in [2.24, 2.45) is 7.05 Å². The molecule has 4 rings (SSSR count). The number of rotatable bonds is 1. The monoisotopic (exact) mass is 372 g/mol. The van der Waals surface area contributed by atoms with Crippen molar-refractivity contribution in [3.63, 3.8) is 0 Å². The Balaban J connectivity index is 1.72. The highest BCUT2D eigenvalue weighted by Crippen LogP contribution is 2.27. The number of anilines is 1. The van der Waals surface area contributed by atoms with Gasteiger partial charge in [0, 0.05) is 35.2 Å². The van der Waals surface area contributed by atoms with Crippen molar-refractivity contribution in [1.82, 2.24) is 24.6 Å². The minimum absolute atomic E-state index is 0.0751. The van der Waals surface area contributed by atoms with Gasteiger partial charge in [0.05, 0.1) is 17.8 Å². The Morgan fingerprint density at radius 1 is 1.35 bits per heavy atom. The number of halogens is 1. The number of carbonyl (C=O) groups excluding carboxylic acids is 1. The van der Waals surface area contributed by atoms with E-state index in [1.165, 1.54) is 0 Å². The van der Waals surface area contributed by atoms with Gasteiger partial charge in [0.1, 0.15) is 5.69 Å². The second kappa shape index (κ2) is 5.02. The van der Waals surface area contributed by atoms with Crippen LogP contribution in [0.2, 0.25) is 0 Å². The lowest BCUT2D eigenvalue weighted by Gasteiger charge is -2.15. The highest BCUT2D eigenvalue weighted by Gasteiger charge is 2.29. The van der Waals surface area contributed by atoms with Gasteiger partial charge in [-0.25, -0.2) is 9.97 Å². The Morgan fingerprint density at radius 3 is 3.00 bits per heavy atom. The number of hydrogen-bond donors (Lipinski definition) is 1. The topological polar surface area (TPSA) is 89.9 Å². The largest absolute Gasteiger partial charge is 0.368 e. The fourth-order valence-electron chi connectivity index (χ4n) is 2.89. The van der Waals surface area contributed by atoms with Crippen LogP contribution in [0.3, 0.4) is 0 Å². The second-order valence-electron chi connectivity index (χ2n) is 5.50. The highest BCUT2D eigenvalue weighted by molar-refractivity contribution is 9.10. The molecule has 0 saturated heterocycles. The van der Waals surface area contributed by atoms with E-state index in [1.807, 2.05) is 18.2 Å². The Hall–Kier alpha value is -2.48. The summed E-state index contributed by atoms with van der Waals surface area (Å²) in [6.07, 6.45) is 1.68. The predicted molar refractivity (Wildman–Crippen MR) is 88.4 cm³/mol. The molecule has 1 amide bonds. The summed E-state index contributed by atoms with van der Waals surface area (Å²) >= 11 is 3.42. The minimum Gasteiger partial charge on any atom is -0.368 e. The van der Waals surface area contributed by atoms with Crippen LogP contribution in [0.1, 0.15) is 21.7 Å². The van der Waals surface area contributed by atoms with Gasteiger partial charge in [-0.2, -0.15) is 5.10 Å². The van der Waals surface area contributed by atoms with Crippen molar-refractivity contribution >= 4 is 38.7 Å². The summed E-state index contributed by atoms with van der Waals surface area (Å²) in [7, 11) is 1.78. The van der Waals surface area contributed by atoms with E-state index in [4.69, 9.17) is 5.73 Å². The van der Waals surface area contributed by atoms with Gasteiger partial charge in [0.15, 0.2) is 0 Å². The summed E-state index contributed by atoms with van der Waals surface area (Å²) in [6, 6.07) is 5.71. The fraction of sp³-hybridized carbons (Fsp3) is 0.200. The normalized spacial score (nSPS) is 13.6. The molecule has 2 aromatic heterocycles. The molecule has 0 aliphatic carbocycles. The van der Waals surface area contributed by atoms with E-state index in [0.717, 1.165) is 26.6 Å². The lowest BCUT2D eigenvalue weighted by molar-refractivity contribution is 0.0741. The number of carbonyl (C=O) groups is 1. The number of fused-ring (bicyclic) bond motifs is 2. The van der Waals surface area contributed by atoms with Crippen LogP contribution in [0.4, 0.5) is 5.95 Å². The number of nitrogen functional groups attached to an aromatic ring is 1. The summed E-state index contributed by atoms with van der Waals surface area (Å²) in [6.45, 7) is 0.918. The quantitative estimate of drug-likeness (QED) is 0.703. The molecule has 1 aliphatic heterocycles. The van der Waals surface area contributed by atoms with Crippen LogP contribution in [0.5, 0.6) is 0 Å². The summed E-state index contributed by atoms with van der Waals surface area (Å²) in [5, 5.41) is 5.26. The number of nitrogens with two attached hydrogens (primary N) is 1. The van der Waals surface area contributed by atoms with Gasteiger partial charge < -0.3 is 10.6 Å². The van der Waals surface area contributed by atoms with Crippen LogP contribution in [-0.4, -0.2) is 30.6 Å². The van der Waals surface area contributed by atoms with Gasteiger partial charge in [-0.05, 0) is 18.2 Å². The van der Waals surface area contributed by atoms with E-state index in [1.54, 1.807) is 22.8 Å². The number of benzene rings is 1. The van der Waals surface area contributed by atoms with Gasteiger partial charge in [-0.3, -0.25) is 9.48 Å². The molecular formula is C15H13BrN6O. The fourth-order valence-corrected chi connectivity index (χ4v) is 3.24. The molecule has 8 heteroatoms. The molecule has 0 radical (unpaired) electrons. The Bertz CT molecular complexity index is 951. The number of aryl methyl sites for hydroxylation is 1. The van der Waals surface area contributed by atoms with Crippen molar-refractivity contribution < 1.29 is 4.79 Å². The number of aromatic nitrogens is 4. The first-order valence-corrected chi connectivity index (χ1v) is 7.84. The lowest BCUT2D eigenvalue weighted by Crippen LogP contribution is -2.27. The zero-order chi connectivity index (χ0) is 16.1. The van der Waals surface area contributed by atoms with Crippen molar-refractivity contribution in [2.45, 2.75) is 13.1 Å². The minimum atomic E-state index is -0.0751. The third kappa shape index (κ3) is 2.26. The molecule has 1 aromatic carbocycles. The summed E-state index contributed by atoms with van der Waals surface area (Å²) in [4.78, 5) is 22.9. The van der Waals surface area contributed by atoms with E-state index in [9.17, 15) is 4.79 Å². The maximum atomic E-state index is 13.0. The third-order valence-electron chi connectivity index (χ3n) is 3.96. The Labute approximate surface area is 140 Å². The Kier molecular flexibility index (Phi) is 3.08. The van der Waals surface area contributed by atoms with Crippen LogP contribution in [-0.2, 0) is 20.1 Å². The van der Waals surface area contributed by atoms with Gasteiger partial charge in [-0.15, -0.1) is 0 Å². The van der Waals surface area contributed by atoms with Crippen LogP contribution in [0.15, 0.2) is 28.9 Å². The average molecular weight is 373 g/mol.